The number of alkyl carbamates (subject to hydrolysis) is 1. The molecule has 0 saturated heterocycles. The summed E-state index contributed by atoms with van der Waals surface area (Å²) < 4.78 is 10.7. The second kappa shape index (κ2) is 14.0. The van der Waals surface area contributed by atoms with Gasteiger partial charge in [-0.1, -0.05) is 50.6 Å². The van der Waals surface area contributed by atoms with E-state index in [0.29, 0.717) is 29.8 Å². The van der Waals surface area contributed by atoms with Crippen molar-refractivity contribution in [1.29, 1.82) is 0 Å². The topological polar surface area (TPSA) is 97.0 Å². The van der Waals surface area contributed by atoms with Crippen LogP contribution in [0.5, 0.6) is 5.75 Å². The third kappa shape index (κ3) is 9.61. The van der Waals surface area contributed by atoms with Crippen LogP contribution in [0.2, 0.25) is 0 Å². The second-order valence-corrected chi connectivity index (χ2v) is 11.4. The Kier molecular flexibility index (Phi) is 11.4. The fraction of sp³-hybridized carbons (Fsp3) is 0.516. The molecule has 0 radical (unpaired) electrons. The van der Waals surface area contributed by atoms with E-state index in [0.717, 1.165) is 5.56 Å². The van der Waals surface area contributed by atoms with Crippen molar-refractivity contribution in [3.63, 3.8) is 0 Å². The molecule has 0 fully saturated rings. The molecule has 39 heavy (non-hydrogen) atoms. The molecule has 0 aliphatic heterocycles. The van der Waals surface area contributed by atoms with Gasteiger partial charge in [-0.05, 0) is 83.2 Å². The van der Waals surface area contributed by atoms with Crippen molar-refractivity contribution in [2.24, 2.45) is 5.92 Å². The van der Waals surface area contributed by atoms with Gasteiger partial charge in [0.15, 0.2) is 0 Å². The number of nitrogens with zero attached hydrogens (tertiary/aromatic N) is 1. The van der Waals surface area contributed by atoms with Gasteiger partial charge in [-0.15, -0.1) is 0 Å². The SMILES string of the molecule is CCC(C)N(C(=O)C(CC(C)C)NC(=O)OC(C)(C)C)C(C(=O)Nc1ccc(OC)cc1)c1cccc(C)c1. The van der Waals surface area contributed by atoms with Crippen LogP contribution in [0, 0.1) is 12.8 Å². The minimum absolute atomic E-state index is 0.109. The number of carbonyl (C=O) groups is 3. The molecule has 0 aliphatic rings. The maximum absolute atomic E-state index is 14.3. The highest BCUT2D eigenvalue weighted by molar-refractivity contribution is 5.99. The summed E-state index contributed by atoms with van der Waals surface area (Å²) in [6, 6.07) is 12.5. The average molecular weight is 540 g/mol. The summed E-state index contributed by atoms with van der Waals surface area (Å²) in [4.78, 5) is 42.6. The molecule has 0 aliphatic carbocycles. The molecule has 0 saturated carbocycles. The largest absolute Gasteiger partial charge is 0.497 e. The number of aryl methyl sites for hydroxylation is 1. The summed E-state index contributed by atoms with van der Waals surface area (Å²) in [5, 5.41) is 5.76. The Hall–Kier alpha value is -3.55. The van der Waals surface area contributed by atoms with E-state index in [-0.39, 0.29) is 23.8 Å². The number of ether oxygens (including phenoxy) is 2. The smallest absolute Gasteiger partial charge is 0.408 e. The molecule has 2 aromatic rings. The monoisotopic (exact) mass is 539 g/mol. The normalized spacial score (nSPS) is 13.7. The molecule has 2 N–H and O–H groups in total. The predicted octanol–water partition coefficient (Wildman–Crippen LogP) is 6.25. The van der Waals surface area contributed by atoms with Crippen molar-refractivity contribution >= 4 is 23.6 Å². The van der Waals surface area contributed by atoms with Crippen LogP contribution >= 0.6 is 0 Å². The summed E-state index contributed by atoms with van der Waals surface area (Å²) in [7, 11) is 1.58. The summed E-state index contributed by atoms with van der Waals surface area (Å²) >= 11 is 0. The highest BCUT2D eigenvalue weighted by atomic mass is 16.6. The first-order valence-corrected chi connectivity index (χ1v) is 13.6. The van der Waals surface area contributed by atoms with Crippen molar-refractivity contribution in [2.45, 2.75) is 92.0 Å². The van der Waals surface area contributed by atoms with Gasteiger partial charge >= 0.3 is 6.09 Å². The summed E-state index contributed by atoms with van der Waals surface area (Å²) in [6.45, 7) is 15.1. The van der Waals surface area contributed by atoms with Crippen LogP contribution in [0.25, 0.3) is 0 Å². The lowest BCUT2D eigenvalue weighted by atomic mass is 9.96. The van der Waals surface area contributed by atoms with Gasteiger partial charge in [-0.3, -0.25) is 9.59 Å². The van der Waals surface area contributed by atoms with Gasteiger partial charge < -0.3 is 25.0 Å². The van der Waals surface area contributed by atoms with E-state index in [1.165, 1.54) is 0 Å². The number of benzene rings is 2. The summed E-state index contributed by atoms with van der Waals surface area (Å²) in [6.07, 6.45) is 0.344. The zero-order chi connectivity index (χ0) is 29.3. The Morgan fingerprint density at radius 2 is 1.64 bits per heavy atom. The fourth-order valence-corrected chi connectivity index (χ4v) is 4.28. The molecule has 3 amide bonds. The number of anilines is 1. The van der Waals surface area contributed by atoms with Gasteiger partial charge in [0.25, 0.3) is 5.91 Å². The lowest BCUT2D eigenvalue weighted by Gasteiger charge is -2.38. The number of rotatable bonds is 11. The van der Waals surface area contributed by atoms with E-state index >= 15 is 0 Å². The van der Waals surface area contributed by atoms with Gasteiger partial charge in [0.05, 0.1) is 7.11 Å². The molecule has 0 heterocycles. The Morgan fingerprint density at radius 1 is 1.00 bits per heavy atom. The minimum Gasteiger partial charge on any atom is -0.497 e. The van der Waals surface area contributed by atoms with E-state index in [4.69, 9.17) is 9.47 Å². The summed E-state index contributed by atoms with van der Waals surface area (Å²) in [5.41, 5.74) is 1.53. The van der Waals surface area contributed by atoms with Crippen molar-refractivity contribution in [3.8, 4) is 5.75 Å². The van der Waals surface area contributed by atoms with Crippen molar-refractivity contribution in [1.82, 2.24) is 10.2 Å². The van der Waals surface area contributed by atoms with Gasteiger partial charge in [-0.25, -0.2) is 4.79 Å². The van der Waals surface area contributed by atoms with Gasteiger partial charge in [0, 0.05) is 11.7 Å². The minimum atomic E-state index is -0.926. The summed E-state index contributed by atoms with van der Waals surface area (Å²) in [5.74, 6) is 0.0999. The predicted molar refractivity (Wildman–Crippen MR) is 155 cm³/mol. The van der Waals surface area contributed by atoms with Crippen molar-refractivity contribution in [3.05, 3.63) is 59.7 Å². The number of carbonyl (C=O) groups excluding carboxylic acids is 3. The van der Waals surface area contributed by atoms with Crippen LogP contribution in [-0.4, -0.2) is 47.6 Å². The van der Waals surface area contributed by atoms with E-state index in [9.17, 15) is 14.4 Å². The van der Waals surface area contributed by atoms with Crippen LogP contribution in [-0.2, 0) is 14.3 Å². The Labute approximate surface area is 233 Å². The quantitative estimate of drug-likeness (QED) is 0.352. The molecule has 0 aromatic heterocycles. The van der Waals surface area contributed by atoms with Gasteiger partial charge in [0.2, 0.25) is 5.91 Å². The Balaban J connectivity index is 2.55. The molecule has 8 nitrogen and oxygen atoms in total. The molecule has 2 aromatic carbocycles. The van der Waals surface area contributed by atoms with Crippen LogP contribution in [0.1, 0.15) is 78.5 Å². The number of methoxy groups -OCH3 is 1. The molecular weight excluding hydrogens is 494 g/mol. The molecule has 3 atom stereocenters. The molecule has 214 valence electrons. The number of nitrogens with one attached hydrogen (secondary N) is 2. The molecular formula is C31H45N3O5. The lowest BCUT2D eigenvalue weighted by Crippen LogP contribution is -2.55. The first-order chi connectivity index (χ1) is 18.2. The number of hydrogen-bond donors (Lipinski definition) is 2. The third-order valence-electron chi connectivity index (χ3n) is 6.26. The van der Waals surface area contributed by atoms with E-state index < -0.39 is 23.8 Å². The lowest BCUT2D eigenvalue weighted by molar-refractivity contribution is -0.143. The van der Waals surface area contributed by atoms with Gasteiger partial charge in [-0.2, -0.15) is 0 Å². The molecule has 0 spiro atoms. The third-order valence-corrected chi connectivity index (χ3v) is 6.26. The standard InChI is InChI=1S/C31H45N3O5/c1-10-22(5)34(29(36)26(18-20(2)3)33-30(37)39-31(6,7)8)27(23-13-11-12-21(4)19-23)28(35)32-24-14-16-25(38-9)17-15-24/h11-17,19-20,22,26-27H,10,18H2,1-9H3,(H,32,35)(H,33,37). The van der Waals surface area contributed by atoms with Gasteiger partial charge in [0.1, 0.15) is 23.4 Å². The first kappa shape index (κ1) is 31.7. The van der Waals surface area contributed by atoms with E-state index in [1.807, 2.05) is 58.9 Å². The molecule has 2 rings (SSSR count). The number of amides is 3. The van der Waals surface area contributed by atoms with Crippen LogP contribution in [0.3, 0.4) is 0 Å². The molecule has 3 unspecified atom stereocenters. The highest BCUT2D eigenvalue weighted by Gasteiger charge is 2.38. The van der Waals surface area contributed by atoms with Crippen molar-refractivity contribution in [2.75, 3.05) is 12.4 Å². The van der Waals surface area contributed by atoms with Crippen LogP contribution < -0.4 is 15.4 Å². The van der Waals surface area contributed by atoms with Crippen LogP contribution in [0.4, 0.5) is 10.5 Å². The highest BCUT2D eigenvalue weighted by Crippen LogP contribution is 2.29. The average Bonchev–Trinajstić information content (AvgIpc) is 2.84. The first-order valence-electron chi connectivity index (χ1n) is 13.6. The zero-order valence-corrected chi connectivity index (χ0v) is 24.8. The Bertz CT molecular complexity index is 1110. The number of hydrogen-bond acceptors (Lipinski definition) is 5. The maximum atomic E-state index is 14.3. The van der Waals surface area contributed by atoms with Crippen LogP contribution in [0.15, 0.2) is 48.5 Å². The molecule has 0 bridgehead atoms. The van der Waals surface area contributed by atoms with Crippen molar-refractivity contribution < 1.29 is 23.9 Å². The van der Waals surface area contributed by atoms with E-state index in [2.05, 4.69) is 10.6 Å². The Morgan fingerprint density at radius 3 is 2.15 bits per heavy atom. The fourth-order valence-electron chi connectivity index (χ4n) is 4.28. The molecule has 8 heteroatoms. The van der Waals surface area contributed by atoms with E-state index in [1.54, 1.807) is 57.0 Å². The second-order valence-electron chi connectivity index (χ2n) is 11.4. The zero-order valence-electron chi connectivity index (χ0n) is 24.8. The maximum Gasteiger partial charge on any atom is 0.408 e.